The van der Waals surface area contributed by atoms with Gasteiger partial charge in [0.2, 0.25) is 0 Å². The summed E-state index contributed by atoms with van der Waals surface area (Å²) in [5, 5.41) is 6.11. The van der Waals surface area contributed by atoms with Gasteiger partial charge >= 0.3 is 0 Å². The number of oxime groups is 1. The zero-order valence-electron chi connectivity index (χ0n) is 13.6. The van der Waals surface area contributed by atoms with E-state index in [2.05, 4.69) is 42.9 Å². The number of hydrogen-bond acceptors (Lipinski definition) is 4. The maximum absolute atomic E-state index is 12.6. The Balaban J connectivity index is 1.64. The molecule has 0 spiro atoms. The predicted octanol–water partition coefficient (Wildman–Crippen LogP) is 3.88. The summed E-state index contributed by atoms with van der Waals surface area (Å²) in [7, 11) is 0. The van der Waals surface area contributed by atoms with Crippen molar-refractivity contribution in [1.29, 1.82) is 0 Å². The van der Waals surface area contributed by atoms with Crippen molar-refractivity contribution < 1.29 is 9.63 Å². The molecule has 1 amide bonds. The number of nitrogens with zero attached hydrogens (tertiary/aromatic N) is 2. The molecule has 0 bridgehead atoms. The highest BCUT2D eigenvalue weighted by Crippen LogP contribution is 2.20. The van der Waals surface area contributed by atoms with Crippen molar-refractivity contribution in [3.63, 3.8) is 0 Å². The Bertz CT molecular complexity index is 735. The quantitative estimate of drug-likeness (QED) is 0.749. The number of carbonyl (C=O) groups is 1. The van der Waals surface area contributed by atoms with E-state index in [1.165, 1.54) is 16.9 Å². The average molecular weight is 340 g/mol. The molecular formula is C19H20N2O2S. The van der Waals surface area contributed by atoms with E-state index >= 15 is 0 Å². The highest BCUT2D eigenvalue weighted by Gasteiger charge is 2.27. The monoisotopic (exact) mass is 340 g/mol. The van der Waals surface area contributed by atoms with Crippen molar-refractivity contribution in [2.24, 2.45) is 5.16 Å². The molecule has 124 valence electrons. The molecule has 0 fully saturated rings. The van der Waals surface area contributed by atoms with Gasteiger partial charge in [0.1, 0.15) is 0 Å². The first-order valence-corrected chi connectivity index (χ1v) is 8.78. The van der Waals surface area contributed by atoms with Gasteiger partial charge < -0.3 is 9.74 Å². The number of thiophene rings is 1. The van der Waals surface area contributed by atoms with Gasteiger partial charge in [-0.3, -0.25) is 4.79 Å². The molecule has 4 nitrogen and oxygen atoms in total. The van der Waals surface area contributed by atoms with Crippen LogP contribution in [-0.4, -0.2) is 35.7 Å². The van der Waals surface area contributed by atoms with Crippen LogP contribution in [0.25, 0.3) is 0 Å². The van der Waals surface area contributed by atoms with Crippen LogP contribution in [0.3, 0.4) is 0 Å². The first-order valence-electron chi connectivity index (χ1n) is 7.91. The third-order valence-corrected chi connectivity index (χ3v) is 4.77. The maximum atomic E-state index is 12.6. The van der Waals surface area contributed by atoms with Crippen LogP contribution in [0.2, 0.25) is 0 Å². The number of aryl methyl sites for hydroxylation is 1. The number of benzene rings is 1. The Morgan fingerprint density at radius 3 is 2.88 bits per heavy atom. The van der Waals surface area contributed by atoms with Gasteiger partial charge in [-0.2, -0.15) is 0 Å². The molecule has 2 aromatic rings. The standard InChI is InChI=1S/C19H20N2O2S/c1-3-10-21(19(22)18-5-4-11-24-18)13-16-12-17(20-23-16)15-8-6-14(2)7-9-15/h3-9,11,16H,1,10,12-13H2,2H3/t16-/m1/s1. The van der Waals surface area contributed by atoms with E-state index in [9.17, 15) is 4.79 Å². The van der Waals surface area contributed by atoms with Crippen LogP contribution < -0.4 is 0 Å². The molecule has 1 aliphatic heterocycles. The Hall–Kier alpha value is -2.40. The minimum absolute atomic E-state index is 0.0114. The Morgan fingerprint density at radius 2 is 2.21 bits per heavy atom. The zero-order valence-corrected chi connectivity index (χ0v) is 14.5. The van der Waals surface area contributed by atoms with Gasteiger partial charge in [0.15, 0.2) is 6.10 Å². The average Bonchev–Trinajstić information content (AvgIpc) is 3.26. The summed E-state index contributed by atoms with van der Waals surface area (Å²) in [5.41, 5.74) is 3.22. The third-order valence-electron chi connectivity index (χ3n) is 3.91. The summed E-state index contributed by atoms with van der Waals surface area (Å²) < 4.78 is 0. The highest BCUT2D eigenvalue weighted by molar-refractivity contribution is 7.12. The van der Waals surface area contributed by atoms with Crippen molar-refractivity contribution in [3.05, 3.63) is 70.4 Å². The summed E-state index contributed by atoms with van der Waals surface area (Å²) in [6.07, 6.45) is 2.32. The van der Waals surface area contributed by atoms with Crippen molar-refractivity contribution in [2.45, 2.75) is 19.4 Å². The van der Waals surface area contributed by atoms with Gasteiger partial charge in [-0.25, -0.2) is 0 Å². The fourth-order valence-electron chi connectivity index (χ4n) is 2.64. The summed E-state index contributed by atoms with van der Waals surface area (Å²) >= 11 is 1.45. The van der Waals surface area contributed by atoms with Crippen molar-refractivity contribution in [1.82, 2.24) is 4.90 Å². The van der Waals surface area contributed by atoms with Crippen molar-refractivity contribution in [3.8, 4) is 0 Å². The largest absolute Gasteiger partial charge is 0.390 e. The van der Waals surface area contributed by atoms with Crippen molar-refractivity contribution >= 4 is 23.0 Å². The zero-order chi connectivity index (χ0) is 16.9. The van der Waals surface area contributed by atoms with Gasteiger partial charge in [0, 0.05) is 13.0 Å². The van der Waals surface area contributed by atoms with E-state index in [-0.39, 0.29) is 12.0 Å². The Labute approximate surface area is 146 Å². The molecule has 0 saturated heterocycles. The minimum atomic E-state index is -0.120. The molecule has 5 heteroatoms. The highest BCUT2D eigenvalue weighted by atomic mass is 32.1. The predicted molar refractivity (Wildman–Crippen MR) is 97.6 cm³/mol. The van der Waals surface area contributed by atoms with E-state index in [1.54, 1.807) is 11.0 Å². The van der Waals surface area contributed by atoms with E-state index in [4.69, 9.17) is 4.84 Å². The smallest absolute Gasteiger partial charge is 0.264 e. The lowest BCUT2D eigenvalue weighted by Crippen LogP contribution is -2.37. The molecule has 1 atom stereocenters. The topological polar surface area (TPSA) is 41.9 Å². The lowest BCUT2D eigenvalue weighted by Gasteiger charge is -2.22. The summed E-state index contributed by atoms with van der Waals surface area (Å²) in [6, 6.07) is 12.0. The van der Waals surface area contributed by atoms with Crippen LogP contribution in [0, 0.1) is 6.92 Å². The van der Waals surface area contributed by atoms with Crippen LogP contribution in [-0.2, 0) is 4.84 Å². The fraction of sp³-hybridized carbons (Fsp3) is 0.263. The summed E-state index contributed by atoms with van der Waals surface area (Å²) in [6.45, 7) is 6.81. The summed E-state index contributed by atoms with van der Waals surface area (Å²) in [4.78, 5) is 20.6. The van der Waals surface area contributed by atoms with Gasteiger partial charge in [0.25, 0.3) is 5.91 Å². The van der Waals surface area contributed by atoms with Crippen LogP contribution in [0.4, 0.5) is 0 Å². The molecule has 1 aromatic heterocycles. The molecule has 1 aromatic carbocycles. The Morgan fingerprint density at radius 1 is 1.42 bits per heavy atom. The van der Waals surface area contributed by atoms with Crippen LogP contribution in [0.15, 0.2) is 59.6 Å². The maximum Gasteiger partial charge on any atom is 0.264 e. The molecule has 1 aliphatic rings. The first-order chi connectivity index (χ1) is 11.7. The van der Waals surface area contributed by atoms with Crippen molar-refractivity contribution in [2.75, 3.05) is 13.1 Å². The fourth-order valence-corrected chi connectivity index (χ4v) is 3.33. The molecular weight excluding hydrogens is 320 g/mol. The van der Waals surface area contributed by atoms with E-state index < -0.39 is 0 Å². The van der Waals surface area contributed by atoms with E-state index in [0.717, 1.165) is 16.2 Å². The lowest BCUT2D eigenvalue weighted by atomic mass is 10.0. The van der Waals surface area contributed by atoms with Gasteiger partial charge in [-0.05, 0) is 23.9 Å². The normalized spacial score (nSPS) is 16.4. The molecule has 24 heavy (non-hydrogen) atoms. The first kappa shape index (κ1) is 16.5. The van der Waals surface area contributed by atoms with Gasteiger partial charge in [-0.1, -0.05) is 47.1 Å². The van der Waals surface area contributed by atoms with Gasteiger partial charge in [-0.15, -0.1) is 17.9 Å². The molecule has 2 heterocycles. The summed E-state index contributed by atoms with van der Waals surface area (Å²) in [5.74, 6) is 0.0114. The lowest BCUT2D eigenvalue weighted by molar-refractivity contribution is 0.0452. The second kappa shape index (κ2) is 7.45. The van der Waals surface area contributed by atoms with Crippen LogP contribution in [0.1, 0.15) is 27.2 Å². The number of carbonyl (C=O) groups excluding carboxylic acids is 1. The third kappa shape index (κ3) is 3.74. The number of rotatable bonds is 6. The van der Waals surface area contributed by atoms with E-state index in [1.807, 2.05) is 17.5 Å². The number of amides is 1. The minimum Gasteiger partial charge on any atom is -0.390 e. The molecule has 0 unspecified atom stereocenters. The van der Waals surface area contributed by atoms with Gasteiger partial charge in [0.05, 0.1) is 17.1 Å². The van der Waals surface area contributed by atoms with Crippen LogP contribution in [0.5, 0.6) is 0 Å². The second-order valence-corrected chi connectivity index (χ2v) is 6.76. The molecule has 0 aliphatic carbocycles. The SMILES string of the molecule is C=CCN(C[C@H]1CC(c2ccc(C)cc2)=NO1)C(=O)c1cccs1. The Kier molecular flexibility index (Phi) is 5.11. The molecule has 0 saturated carbocycles. The number of hydrogen-bond donors (Lipinski definition) is 0. The molecule has 0 radical (unpaired) electrons. The van der Waals surface area contributed by atoms with E-state index in [0.29, 0.717) is 19.5 Å². The second-order valence-electron chi connectivity index (χ2n) is 5.81. The molecule has 3 rings (SSSR count). The van der Waals surface area contributed by atoms with Crippen LogP contribution >= 0.6 is 11.3 Å². The molecule has 0 N–H and O–H groups in total.